The van der Waals surface area contributed by atoms with Crippen LogP contribution in [0.3, 0.4) is 0 Å². The van der Waals surface area contributed by atoms with Crippen LogP contribution in [0.25, 0.3) is 0 Å². The van der Waals surface area contributed by atoms with Crippen LogP contribution in [0.2, 0.25) is 0 Å². The molecule has 10 heteroatoms. The molecule has 168 valence electrons. The summed E-state index contributed by atoms with van der Waals surface area (Å²) in [6, 6.07) is 10.4. The number of esters is 1. The molecule has 0 unspecified atom stereocenters. The summed E-state index contributed by atoms with van der Waals surface area (Å²) < 4.78 is 12.5. The Kier molecular flexibility index (Phi) is 7.10. The van der Waals surface area contributed by atoms with Crippen LogP contribution in [0.5, 0.6) is 0 Å². The molecule has 0 aliphatic carbocycles. The van der Waals surface area contributed by atoms with Gasteiger partial charge < -0.3 is 19.4 Å². The van der Waals surface area contributed by atoms with Crippen molar-refractivity contribution in [3.8, 4) is 0 Å². The highest BCUT2D eigenvalue weighted by molar-refractivity contribution is 7.99. The van der Waals surface area contributed by atoms with Crippen molar-refractivity contribution in [1.29, 1.82) is 0 Å². The lowest BCUT2D eigenvalue weighted by atomic mass is 10.2. The standard InChI is InChI=1S/C22H25N5O4S/c1-2-30-20(29)16-7-9-17(10-8-16)23-19(28)15-32-22-25-24-21(26-11-3-4-12-26)27(22)14-18-6-5-13-31-18/h5-10,13H,2-4,11-12,14-15H2,1H3,(H,23,28). The topological polar surface area (TPSA) is 102 Å². The molecular weight excluding hydrogens is 430 g/mol. The molecule has 0 atom stereocenters. The number of carbonyl (C=O) groups is 2. The monoisotopic (exact) mass is 455 g/mol. The van der Waals surface area contributed by atoms with Gasteiger partial charge in [0.2, 0.25) is 11.9 Å². The summed E-state index contributed by atoms with van der Waals surface area (Å²) in [6.07, 6.45) is 3.91. The van der Waals surface area contributed by atoms with Crippen LogP contribution in [0.15, 0.2) is 52.2 Å². The lowest BCUT2D eigenvalue weighted by Gasteiger charge is -2.17. The molecule has 1 fully saturated rings. The highest BCUT2D eigenvalue weighted by atomic mass is 32.2. The first-order valence-corrected chi connectivity index (χ1v) is 11.5. The molecule has 0 saturated carbocycles. The van der Waals surface area contributed by atoms with E-state index >= 15 is 0 Å². The summed E-state index contributed by atoms with van der Waals surface area (Å²) >= 11 is 1.33. The number of ether oxygens (including phenoxy) is 1. The zero-order chi connectivity index (χ0) is 22.3. The van der Waals surface area contributed by atoms with Gasteiger partial charge in [0.15, 0.2) is 5.16 Å². The van der Waals surface area contributed by atoms with Gasteiger partial charge >= 0.3 is 5.97 Å². The summed E-state index contributed by atoms with van der Waals surface area (Å²) in [5.74, 6) is 1.23. The molecule has 1 N–H and O–H groups in total. The third-order valence-corrected chi connectivity index (χ3v) is 5.96. The summed E-state index contributed by atoms with van der Waals surface area (Å²) in [6.45, 7) is 4.48. The van der Waals surface area contributed by atoms with Crippen molar-refractivity contribution < 1.29 is 18.7 Å². The number of benzene rings is 1. The number of amides is 1. The van der Waals surface area contributed by atoms with E-state index in [4.69, 9.17) is 9.15 Å². The van der Waals surface area contributed by atoms with E-state index in [-0.39, 0.29) is 17.6 Å². The Morgan fingerprint density at radius 1 is 1.16 bits per heavy atom. The van der Waals surface area contributed by atoms with Crippen molar-refractivity contribution in [2.24, 2.45) is 0 Å². The number of anilines is 2. The van der Waals surface area contributed by atoms with Crippen LogP contribution in [-0.2, 0) is 16.1 Å². The van der Waals surface area contributed by atoms with Crippen molar-refractivity contribution in [3.05, 3.63) is 54.0 Å². The molecule has 1 aliphatic heterocycles. The number of rotatable bonds is 9. The van der Waals surface area contributed by atoms with Crippen molar-refractivity contribution in [1.82, 2.24) is 14.8 Å². The maximum Gasteiger partial charge on any atom is 0.338 e. The Morgan fingerprint density at radius 3 is 2.62 bits per heavy atom. The zero-order valence-electron chi connectivity index (χ0n) is 17.8. The molecule has 9 nitrogen and oxygen atoms in total. The number of nitrogens with zero attached hydrogens (tertiary/aromatic N) is 4. The molecule has 3 heterocycles. The average molecular weight is 456 g/mol. The van der Waals surface area contributed by atoms with Gasteiger partial charge in [-0.2, -0.15) is 0 Å². The lowest BCUT2D eigenvalue weighted by Crippen LogP contribution is -2.22. The quantitative estimate of drug-likeness (QED) is 0.387. The minimum absolute atomic E-state index is 0.172. The first kappa shape index (κ1) is 21.9. The van der Waals surface area contributed by atoms with E-state index in [0.29, 0.717) is 29.6 Å². The number of carbonyl (C=O) groups excluding carboxylic acids is 2. The van der Waals surface area contributed by atoms with Crippen LogP contribution < -0.4 is 10.2 Å². The zero-order valence-corrected chi connectivity index (χ0v) is 18.6. The Balaban J connectivity index is 1.39. The summed E-state index contributed by atoms with van der Waals surface area (Å²) in [7, 11) is 0. The van der Waals surface area contributed by atoms with Gasteiger partial charge in [0.25, 0.3) is 0 Å². The van der Waals surface area contributed by atoms with Gasteiger partial charge in [0, 0.05) is 18.8 Å². The van der Waals surface area contributed by atoms with Crippen LogP contribution in [0.4, 0.5) is 11.6 Å². The number of hydrogen-bond donors (Lipinski definition) is 1. The van der Waals surface area contributed by atoms with Crippen molar-refractivity contribution in [3.63, 3.8) is 0 Å². The number of aromatic nitrogens is 3. The summed E-state index contributed by atoms with van der Waals surface area (Å²) in [5, 5.41) is 12.2. The third kappa shape index (κ3) is 5.31. The molecule has 32 heavy (non-hydrogen) atoms. The molecular formula is C22H25N5O4S. The molecule has 1 amide bonds. The van der Waals surface area contributed by atoms with E-state index in [2.05, 4.69) is 20.4 Å². The van der Waals surface area contributed by atoms with Gasteiger partial charge in [-0.15, -0.1) is 10.2 Å². The molecule has 3 aromatic rings. The molecule has 1 aliphatic rings. The second-order valence-electron chi connectivity index (χ2n) is 7.28. The maximum atomic E-state index is 12.5. The highest BCUT2D eigenvalue weighted by Crippen LogP contribution is 2.26. The van der Waals surface area contributed by atoms with Gasteiger partial charge in [0.1, 0.15) is 5.76 Å². The Bertz CT molecular complexity index is 1040. The third-order valence-electron chi connectivity index (χ3n) is 4.99. The van der Waals surface area contributed by atoms with Crippen LogP contribution >= 0.6 is 11.8 Å². The van der Waals surface area contributed by atoms with E-state index in [1.54, 1.807) is 37.5 Å². The van der Waals surface area contributed by atoms with Gasteiger partial charge in [-0.3, -0.25) is 9.36 Å². The van der Waals surface area contributed by atoms with Crippen molar-refractivity contribution in [2.45, 2.75) is 31.5 Å². The van der Waals surface area contributed by atoms with Gasteiger partial charge in [0.05, 0.1) is 30.7 Å². The molecule has 4 rings (SSSR count). The van der Waals surface area contributed by atoms with Crippen LogP contribution in [-0.4, -0.2) is 52.1 Å². The van der Waals surface area contributed by atoms with Crippen molar-refractivity contribution >= 4 is 35.3 Å². The first-order valence-electron chi connectivity index (χ1n) is 10.5. The van der Waals surface area contributed by atoms with E-state index in [1.165, 1.54) is 11.8 Å². The van der Waals surface area contributed by atoms with Crippen molar-refractivity contribution in [2.75, 3.05) is 35.7 Å². The summed E-state index contributed by atoms with van der Waals surface area (Å²) in [4.78, 5) is 26.4. The van der Waals surface area contributed by atoms with E-state index in [9.17, 15) is 9.59 Å². The molecule has 0 spiro atoms. The minimum Gasteiger partial charge on any atom is -0.467 e. The fourth-order valence-electron chi connectivity index (χ4n) is 3.47. The second kappa shape index (κ2) is 10.4. The number of thioether (sulfide) groups is 1. The average Bonchev–Trinajstić information content (AvgIpc) is 3.56. The van der Waals surface area contributed by atoms with Crippen LogP contribution in [0.1, 0.15) is 35.9 Å². The van der Waals surface area contributed by atoms with Crippen LogP contribution in [0, 0.1) is 0 Å². The Morgan fingerprint density at radius 2 is 1.94 bits per heavy atom. The van der Waals surface area contributed by atoms with E-state index in [1.807, 2.05) is 16.7 Å². The Hall–Kier alpha value is -3.27. The van der Waals surface area contributed by atoms with Gasteiger partial charge in [-0.25, -0.2) is 4.79 Å². The van der Waals surface area contributed by atoms with Gasteiger partial charge in [-0.1, -0.05) is 11.8 Å². The molecule has 2 aromatic heterocycles. The number of nitrogens with one attached hydrogen (secondary N) is 1. The largest absolute Gasteiger partial charge is 0.467 e. The predicted molar refractivity (Wildman–Crippen MR) is 121 cm³/mol. The fourth-order valence-corrected chi connectivity index (χ4v) is 4.20. The maximum absolute atomic E-state index is 12.5. The Labute approximate surface area is 190 Å². The molecule has 0 bridgehead atoms. The van der Waals surface area contributed by atoms with Gasteiger partial charge in [-0.05, 0) is 56.2 Å². The SMILES string of the molecule is CCOC(=O)c1ccc(NC(=O)CSc2nnc(N3CCCC3)n2Cc2ccco2)cc1. The number of hydrogen-bond acceptors (Lipinski definition) is 8. The fraction of sp³-hybridized carbons (Fsp3) is 0.364. The minimum atomic E-state index is -0.384. The smallest absolute Gasteiger partial charge is 0.338 e. The second-order valence-corrected chi connectivity index (χ2v) is 8.22. The predicted octanol–water partition coefficient (Wildman–Crippen LogP) is 3.43. The van der Waals surface area contributed by atoms with E-state index in [0.717, 1.165) is 37.6 Å². The number of furan rings is 1. The first-order chi connectivity index (χ1) is 15.6. The summed E-state index contributed by atoms with van der Waals surface area (Å²) in [5.41, 5.74) is 1.05. The highest BCUT2D eigenvalue weighted by Gasteiger charge is 2.22. The molecule has 0 radical (unpaired) electrons. The van der Waals surface area contributed by atoms with E-state index < -0.39 is 0 Å². The molecule has 1 saturated heterocycles. The normalized spacial score (nSPS) is 13.3. The molecule has 1 aromatic carbocycles. The lowest BCUT2D eigenvalue weighted by molar-refractivity contribution is -0.113.